The molecule has 4 aromatic rings. The number of nitrogens with one attached hydrogen (secondary N) is 2. The number of esters is 1. The number of carbonyl (C=O) groups excluding carboxylic acids is 2. The molecule has 4 rings (SSSR count). The topological polar surface area (TPSA) is 97.2 Å². The molecule has 1 aromatic carbocycles. The fourth-order valence-electron chi connectivity index (χ4n) is 2.92. The number of carbonyl (C=O) groups is 2. The van der Waals surface area contributed by atoms with Crippen LogP contribution < -0.4 is 5.32 Å². The standard InChI is InChI=1S/C22H19N3O4S/c1-28-21(27)17-11-15(12-23-17)18-13-30-22(24-18)25-20(26)10-8-16-7-9-19(29-16)14-5-3-2-4-6-14/h2-7,9,11-13,23H,8,10H2,1H3,(H,24,25,26). The number of amides is 1. The maximum Gasteiger partial charge on any atom is 0.354 e. The molecule has 0 aliphatic heterocycles. The molecule has 0 saturated heterocycles. The third kappa shape index (κ3) is 4.49. The number of hydrogen-bond donors (Lipinski definition) is 2. The van der Waals surface area contributed by atoms with Gasteiger partial charge in [-0.3, -0.25) is 4.79 Å². The molecule has 0 fully saturated rings. The van der Waals surface area contributed by atoms with Crippen molar-refractivity contribution in [1.29, 1.82) is 0 Å². The highest BCUT2D eigenvalue weighted by atomic mass is 32.1. The minimum atomic E-state index is -0.446. The second kappa shape index (κ2) is 8.79. The van der Waals surface area contributed by atoms with Crippen molar-refractivity contribution in [2.75, 3.05) is 12.4 Å². The Labute approximate surface area is 176 Å². The molecular weight excluding hydrogens is 402 g/mol. The molecule has 7 nitrogen and oxygen atoms in total. The Hall–Kier alpha value is -3.65. The molecule has 2 N–H and O–H groups in total. The monoisotopic (exact) mass is 421 g/mol. The van der Waals surface area contributed by atoms with Crippen molar-refractivity contribution < 1.29 is 18.7 Å². The van der Waals surface area contributed by atoms with Crippen LogP contribution in [0, 0.1) is 0 Å². The molecule has 0 saturated carbocycles. The lowest BCUT2D eigenvalue weighted by Gasteiger charge is -2.00. The van der Waals surface area contributed by atoms with Crippen LogP contribution in [0.2, 0.25) is 0 Å². The molecule has 0 aliphatic carbocycles. The largest absolute Gasteiger partial charge is 0.464 e. The van der Waals surface area contributed by atoms with Crippen LogP contribution in [-0.2, 0) is 16.0 Å². The molecule has 8 heteroatoms. The molecule has 0 unspecified atom stereocenters. The normalized spacial score (nSPS) is 10.7. The van der Waals surface area contributed by atoms with Crippen molar-refractivity contribution >= 4 is 28.3 Å². The van der Waals surface area contributed by atoms with Crippen molar-refractivity contribution in [3.8, 4) is 22.6 Å². The molecular formula is C22H19N3O4S. The van der Waals surface area contributed by atoms with Crippen molar-refractivity contribution in [3.05, 3.63) is 71.6 Å². The summed E-state index contributed by atoms with van der Waals surface area (Å²) in [5, 5.41) is 5.12. The first-order valence-electron chi connectivity index (χ1n) is 9.29. The smallest absolute Gasteiger partial charge is 0.354 e. The van der Waals surface area contributed by atoms with Gasteiger partial charge in [0.05, 0.1) is 12.8 Å². The van der Waals surface area contributed by atoms with Gasteiger partial charge in [0.2, 0.25) is 5.91 Å². The summed E-state index contributed by atoms with van der Waals surface area (Å²) in [5.74, 6) is 0.955. The summed E-state index contributed by atoms with van der Waals surface area (Å²) in [5.41, 5.74) is 2.76. The van der Waals surface area contributed by atoms with E-state index in [2.05, 4.69) is 20.0 Å². The lowest BCUT2D eigenvalue weighted by Crippen LogP contribution is -2.11. The van der Waals surface area contributed by atoms with Crippen molar-refractivity contribution in [3.63, 3.8) is 0 Å². The summed E-state index contributed by atoms with van der Waals surface area (Å²) in [7, 11) is 1.32. The van der Waals surface area contributed by atoms with Gasteiger partial charge in [-0.2, -0.15) is 0 Å². The number of hydrogen-bond acceptors (Lipinski definition) is 6. The SMILES string of the molecule is COC(=O)c1cc(-c2csc(NC(=O)CCc3ccc(-c4ccccc4)o3)n2)c[nH]1. The third-order valence-corrected chi connectivity index (χ3v) is 5.21. The van der Waals surface area contributed by atoms with Crippen molar-refractivity contribution in [2.45, 2.75) is 12.8 Å². The van der Waals surface area contributed by atoms with E-state index >= 15 is 0 Å². The number of thiazole rings is 1. The number of methoxy groups -OCH3 is 1. The van der Waals surface area contributed by atoms with Crippen LogP contribution in [0.5, 0.6) is 0 Å². The average Bonchev–Trinajstić information content (AvgIpc) is 3.52. The van der Waals surface area contributed by atoms with Gasteiger partial charge >= 0.3 is 5.97 Å². The molecule has 30 heavy (non-hydrogen) atoms. The molecule has 0 aliphatic rings. The predicted octanol–water partition coefficient (Wildman–Crippen LogP) is 4.76. The Balaban J connectivity index is 1.32. The van der Waals surface area contributed by atoms with Gasteiger partial charge in [-0.25, -0.2) is 9.78 Å². The fourth-order valence-corrected chi connectivity index (χ4v) is 3.66. The Morgan fingerprint density at radius 3 is 2.80 bits per heavy atom. The van der Waals surface area contributed by atoms with Crippen LogP contribution in [-0.4, -0.2) is 29.0 Å². The first-order chi connectivity index (χ1) is 14.6. The summed E-state index contributed by atoms with van der Waals surface area (Å²) in [6.07, 6.45) is 2.46. The molecule has 152 valence electrons. The first kappa shape index (κ1) is 19.7. The highest BCUT2D eigenvalue weighted by Gasteiger charge is 2.13. The highest BCUT2D eigenvalue weighted by Crippen LogP contribution is 2.26. The van der Waals surface area contributed by atoms with Crippen LogP contribution in [0.3, 0.4) is 0 Å². The number of H-pyrrole nitrogens is 1. The van der Waals surface area contributed by atoms with Gasteiger partial charge in [0.25, 0.3) is 0 Å². The van der Waals surface area contributed by atoms with Gasteiger partial charge in [0.15, 0.2) is 5.13 Å². The fraction of sp³-hybridized carbons (Fsp3) is 0.136. The minimum absolute atomic E-state index is 0.141. The molecule has 0 spiro atoms. The van der Waals surface area contributed by atoms with Crippen LogP contribution in [0.15, 0.2) is 64.5 Å². The number of ether oxygens (including phenoxy) is 1. The number of nitrogens with zero attached hydrogens (tertiary/aromatic N) is 1. The van der Waals surface area contributed by atoms with Crippen LogP contribution in [0.1, 0.15) is 22.7 Å². The number of benzene rings is 1. The van der Waals surface area contributed by atoms with E-state index in [1.807, 2.05) is 47.8 Å². The van der Waals surface area contributed by atoms with Gasteiger partial charge in [-0.1, -0.05) is 30.3 Å². The number of aromatic amines is 1. The van der Waals surface area contributed by atoms with E-state index in [0.717, 1.165) is 22.6 Å². The number of aryl methyl sites for hydroxylation is 1. The number of rotatable bonds is 7. The second-order valence-corrected chi connectivity index (χ2v) is 7.37. The minimum Gasteiger partial charge on any atom is -0.464 e. The Kier molecular flexibility index (Phi) is 5.76. The van der Waals surface area contributed by atoms with Gasteiger partial charge < -0.3 is 19.5 Å². The molecule has 3 heterocycles. The van der Waals surface area contributed by atoms with E-state index in [9.17, 15) is 9.59 Å². The van der Waals surface area contributed by atoms with Gasteiger partial charge in [0.1, 0.15) is 17.2 Å². The summed E-state index contributed by atoms with van der Waals surface area (Å²) < 4.78 is 10.5. The quantitative estimate of drug-likeness (QED) is 0.420. The number of furan rings is 1. The zero-order chi connectivity index (χ0) is 20.9. The van der Waals surface area contributed by atoms with E-state index in [1.54, 1.807) is 12.3 Å². The lowest BCUT2D eigenvalue weighted by molar-refractivity contribution is -0.116. The van der Waals surface area contributed by atoms with E-state index in [1.165, 1.54) is 18.4 Å². The van der Waals surface area contributed by atoms with Crippen LogP contribution in [0.4, 0.5) is 5.13 Å². The Morgan fingerprint density at radius 2 is 2.00 bits per heavy atom. The van der Waals surface area contributed by atoms with E-state index < -0.39 is 5.97 Å². The molecule has 0 radical (unpaired) electrons. The van der Waals surface area contributed by atoms with Crippen molar-refractivity contribution in [2.24, 2.45) is 0 Å². The van der Waals surface area contributed by atoms with Gasteiger partial charge in [-0.15, -0.1) is 11.3 Å². The van der Waals surface area contributed by atoms with Crippen LogP contribution >= 0.6 is 11.3 Å². The third-order valence-electron chi connectivity index (χ3n) is 4.45. The zero-order valence-corrected chi connectivity index (χ0v) is 17.0. The van der Waals surface area contributed by atoms with E-state index in [-0.39, 0.29) is 12.3 Å². The molecule has 0 atom stereocenters. The lowest BCUT2D eigenvalue weighted by atomic mass is 10.2. The Bertz CT molecular complexity index is 1160. The molecule has 1 amide bonds. The Morgan fingerprint density at radius 1 is 1.17 bits per heavy atom. The van der Waals surface area contributed by atoms with Crippen molar-refractivity contribution in [1.82, 2.24) is 9.97 Å². The van der Waals surface area contributed by atoms with Crippen LogP contribution in [0.25, 0.3) is 22.6 Å². The summed E-state index contributed by atoms with van der Waals surface area (Å²) in [6.45, 7) is 0. The summed E-state index contributed by atoms with van der Waals surface area (Å²) in [4.78, 5) is 31.1. The van der Waals surface area contributed by atoms with Gasteiger partial charge in [0, 0.05) is 35.5 Å². The molecule has 0 bridgehead atoms. The highest BCUT2D eigenvalue weighted by molar-refractivity contribution is 7.14. The zero-order valence-electron chi connectivity index (χ0n) is 16.2. The van der Waals surface area contributed by atoms with E-state index in [0.29, 0.717) is 22.9 Å². The van der Waals surface area contributed by atoms with Gasteiger partial charge in [-0.05, 0) is 18.2 Å². The number of aromatic nitrogens is 2. The second-order valence-electron chi connectivity index (χ2n) is 6.51. The average molecular weight is 421 g/mol. The summed E-state index contributed by atoms with van der Waals surface area (Å²) >= 11 is 1.32. The predicted molar refractivity (Wildman–Crippen MR) is 114 cm³/mol. The van der Waals surface area contributed by atoms with E-state index in [4.69, 9.17) is 4.42 Å². The maximum atomic E-state index is 12.3. The first-order valence-corrected chi connectivity index (χ1v) is 10.2. The molecule has 3 aromatic heterocycles. The summed E-state index contributed by atoms with van der Waals surface area (Å²) in [6, 6.07) is 15.3. The maximum absolute atomic E-state index is 12.3. The number of anilines is 1.